The van der Waals surface area contributed by atoms with E-state index in [4.69, 9.17) is 4.74 Å². The number of amides is 2. The summed E-state index contributed by atoms with van der Waals surface area (Å²) in [4.78, 5) is 32.8. The topological polar surface area (TPSA) is 81.7 Å². The van der Waals surface area contributed by atoms with E-state index in [2.05, 4.69) is 10.1 Å². The summed E-state index contributed by atoms with van der Waals surface area (Å²) in [5.41, 5.74) is 1.60. The molecule has 1 aliphatic heterocycles. The molecule has 1 aromatic carbocycles. The summed E-state index contributed by atoms with van der Waals surface area (Å²) in [6.45, 7) is 1.98. The van der Waals surface area contributed by atoms with Crippen molar-refractivity contribution in [3.8, 4) is 5.75 Å². The normalized spacial score (nSPS) is 16.1. The Bertz CT molecular complexity index is 596. The summed E-state index contributed by atoms with van der Waals surface area (Å²) in [7, 11) is 0. The Balaban J connectivity index is 2.13. The number of hydrogen-bond acceptors (Lipinski definition) is 6. The predicted molar refractivity (Wildman–Crippen MR) is 72.9 cm³/mol. The lowest BCUT2D eigenvalue weighted by Gasteiger charge is -2.08. The fourth-order valence-electron chi connectivity index (χ4n) is 1.62. The van der Waals surface area contributed by atoms with Crippen LogP contribution in [0.15, 0.2) is 23.1 Å². The molecule has 0 saturated carbocycles. The highest BCUT2D eigenvalue weighted by molar-refractivity contribution is 8.18. The smallest absolute Gasteiger partial charge is 0.295 e. The van der Waals surface area contributed by atoms with Gasteiger partial charge in [0.2, 0.25) is 6.79 Å². The molecule has 20 heavy (non-hydrogen) atoms. The molecule has 0 aromatic heterocycles. The zero-order valence-electron chi connectivity index (χ0n) is 10.5. The molecule has 0 aliphatic carbocycles. The van der Waals surface area contributed by atoms with Gasteiger partial charge in [0.1, 0.15) is 5.75 Å². The van der Waals surface area contributed by atoms with E-state index in [1.807, 2.05) is 6.92 Å². The molecule has 0 atom stereocenters. The van der Waals surface area contributed by atoms with Crippen LogP contribution in [0.5, 0.6) is 5.75 Å². The minimum absolute atomic E-state index is 0.155. The van der Waals surface area contributed by atoms with Crippen LogP contribution in [0.2, 0.25) is 0 Å². The average molecular weight is 293 g/mol. The van der Waals surface area contributed by atoms with E-state index in [-0.39, 0.29) is 12.0 Å². The van der Waals surface area contributed by atoms with Gasteiger partial charge in [-0.15, -0.1) is 0 Å². The number of ether oxygens (including phenoxy) is 2. The molecule has 1 heterocycles. The van der Waals surface area contributed by atoms with E-state index in [0.717, 1.165) is 22.9 Å². The fraction of sp³-hybridized carbons (Fsp3) is 0.154. The Morgan fingerprint density at radius 2 is 2.15 bits per heavy atom. The molecule has 1 aromatic rings. The first-order chi connectivity index (χ1) is 9.60. The van der Waals surface area contributed by atoms with Crippen molar-refractivity contribution in [2.75, 3.05) is 6.79 Å². The van der Waals surface area contributed by atoms with Gasteiger partial charge in [-0.3, -0.25) is 19.7 Å². The van der Waals surface area contributed by atoms with Crippen molar-refractivity contribution in [1.29, 1.82) is 0 Å². The number of carbonyl (C=O) groups excluding carboxylic acids is 3. The number of benzene rings is 1. The van der Waals surface area contributed by atoms with Gasteiger partial charge in [-0.25, -0.2) is 0 Å². The molecular weight excluding hydrogens is 282 g/mol. The van der Waals surface area contributed by atoms with Crippen LogP contribution in [0.25, 0.3) is 6.08 Å². The molecule has 0 unspecified atom stereocenters. The molecule has 1 saturated heterocycles. The molecule has 1 fully saturated rings. The van der Waals surface area contributed by atoms with Crippen LogP contribution in [0.1, 0.15) is 11.1 Å². The van der Waals surface area contributed by atoms with Gasteiger partial charge in [0.05, 0.1) is 4.91 Å². The summed E-state index contributed by atoms with van der Waals surface area (Å²) in [6, 6.07) is 5.25. The SMILES string of the molecule is Cc1cc(/C=C2\SC(=O)NC2=O)ccc1OCOC=O. The molecule has 6 nitrogen and oxygen atoms in total. The van der Waals surface area contributed by atoms with Gasteiger partial charge in [0.25, 0.3) is 17.6 Å². The maximum atomic E-state index is 11.4. The van der Waals surface area contributed by atoms with Gasteiger partial charge in [0, 0.05) is 0 Å². The summed E-state index contributed by atoms with van der Waals surface area (Å²) >= 11 is 0.867. The summed E-state index contributed by atoms with van der Waals surface area (Å²) in [5.74, 6) is 0.186. The highest BCUT2D eigenvalue weighted by Gasteiger charge is 2.24. The van der Waals surface area contributed by atoms with E-state index < -0.39 is 5.91 Å². The molecule has 1 N–H and O–H groups in total. The van der Waals surface area contributed by atoms with Crippen LogP contribution in [-0.2, 0) is 14.3 Å². The lowest BCUT2D eigenvalue weighted by atomic mass is 10.1. The zero-order valence-corrected chi connectivity index (χ0v) is 11.4. The van der Waals surface area contributed by atoms with Crippen molar-refractivity contribution >= 4 is 35.5 Å². The lowest BCUT2D eigenvalue weighted by molar-refractivity contribution is -0.134. The largest absolute Gasteiger partial charge is 0.457 e. The first kappa shape index (κ1) is 14.1. The van der Waals surface area contributed by atoms with E-state index in [1.165, 1.54) is 0 Å². The zero-order chi connectivity index (χ0) is 14.5. The Labute approximate surface area is 119 Å². The highest BCUT2D eigenvalue weighted by atomic mass is 32.2. The van der Waals surface area contributed by atoms with Crippen LogP contribution < -0.4 is 10.1 Å². The molecule has 0 radical (unpaired) electrons. The molecular formula is C13H11NO5S. The van der Waals surface area contributed by atoms with Crippen LogP contribution in [0.4, 0.5) is 4.79 Å². The Hall–Kier alpha value is -2.28. The van der Waals surface area contributed by atoms with Gasteiger partial charge >= 0.3 is 0 Å². The number of carbonyl (C=O) groups is 3. The van der Waals surface area contributed by atoms with E-state index in [9.17, 15) is 14.4 Å². The van der Waals surface area contributed by atoms with Gasteiger partial charge in [-0.1, -0.05) is 6.07 Å². The predicted octanol–water partition coefficient (Wildman–Crippen LogP) is 1.83. The molecule has 7 heteroatoms. The van der Waals surface area contributed by atoms with Crippen molar-refractivity contribution in [3.05, 3.63) is 34.2 Å². The Morgan fingerprint density at radius 3 is 2.75 bits per heavy atom. The first-order valence-electron chi connectivity index (χ1n) is 5.63. The van der Waals surface area contributed by atoms with Crippen LogP contribution in [0.3, 0.4) is 0 Å². The van der Waals surface area contributed by atoms with Crippen molar-refractivity contribution in [3.63, 3.8) is 0 Å². The average Bonchev–Trinajstić information content (AvgIpc) is 2.71. The van der Waals surface area contributed by atoms with Gasteiger partial charge in [0.15, 0.2) is 0 Å². The summed E-state index contributed by atoms with van der Waals surface area (Å²) in [5, 5.41) is 1.82. The summed E-state index contributed by atoms with van der Waals surface area (Å²) < 4.78 is 9.68. The maximum absolute atomic E-state index is 11.4. The first-order valence-corrected chi connectivity index (χ1v) is 6.45. The molecule has 2 amide bonds. The third kappa shape index (κ3) is 3.39. The second kappa shape index (κ2) is 6.25. The molecule has 1 aliphatic rings. The van der Waals surface area contributed by atoms with Gasteiger partial charge < -0.3 is 9.47 Å². The third-order valence-electron chi connectivity index (χ3n) is 2.49. The molecule has 0 bridgehead atoms. The van der Waals surface area contributed by atoms with E-state index >= 15 is 0 Å². The Morgan fingerprint density at radius 1 is 1.35 bits per heavy atom. The number of nitrogens with one attached hydrogen (secondary N) is 1. The minimum atomic E-state index is -0.391. The Kier molecular flexibility index (Phi) is 4.41. The standard InChI is InChI=1S/C13H11NO5S/c1-8-4-9(2-3-10(8)19-7-18-6-15)5-11-12(16)14-13(17)20-11/h2-6H,7H2,1H3,(H,14,16,17)/b11-5-. The number of aryl methyl sites for hydroxylation is 1. The minimum Gasteiger partial charge on any atom is -0.457 e. The fourth-order valence-corrected chi connectivity index (χ4v) is 2.30. The lowest BCUT2D eigenvalue weighted by Crippen LogP contribution is -2.17. The van der Waals surface area contributed by atoms with E-state index in [0.29, 0.717) is 17.1 Å². The number of imide groups is 1. The number of thioether (sulfide) groups is 1. The number of hydrogen-bond donors (Lipinski definition) is 1. The van der Waals surface area contributed by atoms with Crippen LogP contribution in [-0.4, -0.2) is 24.4 Å². The van der Waals surface area contributed by atoms with Crippen LogP contribution >= 0.6 is 11.8 Å². The number of rotatable bonds is 5. The monoisotopic (exact) mass is 293 g/mol. The van der Waals surface area contributed by atoms with Crippen molar-refractivity contribution in [2.24, 2.45) is 0 Å². The van der Waals surface area contributed by atoms with Crippen LogP contribution in [0, 0.1) is 6.92 Å². The van der Waals surface area contributed by atoms with Crippen molar-refractivity contribution in [2.45, 2.75) is 6.92 Å². The maximum Gasteiger partial charge on any atom is 0.295 e. The quantitative estimate of drug-likeness (QED) is 0.386. The van der Waals surface area contributed by atoms with E-state index in [1.54, 1.807) is 24.3 Å². The second-order valence-corrected chi connectivity index (χ2v) is 4.92. The van der Waals surface area contributed by atoms with Gasteiger partial charge in [-0.2, -0.15) is 0 Å². The molecule has 2 rings (SSSR count). The van der Waals surface area contributed by atoms with Gasteiger partial charge in [-0.05, 0) is 48.0 Å². The van der Waals surface area contributed by atoms with Crippen molar-refractivity contribution < 1.29 is 23.9 Å². The third-order valence-corrected chi connectivity index (χ3v) is 3.30. The highest BCUT2D eigenvalue weighted by Crippen LogP contribution is 2.27. The second-order valence-electron chi connectivity index (χ2n) is 3.90. The molecule has 0 spiro atoms. The molecule has 104 valence electrons. The van der Waals surface area contributed by atoms with Crippen molar-refractivity contribution in [1.82, 2.24) is 5.32 Å². The summed E-state index contributed by atoms with van der Waals surface area (Å²) in [6.07, 6.45) is 1.63.